The predicted octanol–water partition coefficient (Wildman–Crippen LogP) is 2.58. The lowest BCUT2D eigenvalue weighted by Gasteiger charge is -2.22. The molecule has 6 nitrogen and oxygen atoms in total. The molecule has 0 spiro atoms. The van der Waals surface area contributed by atoms with E-state index >= 15 is 0 Å². The van der Waals surface area contributed by atoms with Crippen LogP contribution in [0.4, 0.5) is 5.69 Å². The number of amides is 2. The van der Waals surface area contributed by atoms with Crippen LogP contribution in [0, 0.1) is 11.3 Å². The van der Waals surface area contributed by atoms with Crippen LogP contribution in [0.2, 0.25) is 0 Å². The molecule has 1 aromatic carbocycles. The van der Waals surface area contributed by atoms with Crippen molar-refractivity contribution in [2.45, 2.75) is 57.5 Å². The molecule has 2 amide bonds. The number of nitriles is 1. The third-order valence-corrected chi connectivity index (χ3v) is 4.14. The first-order valence-electron chi connectivity index (χ1n) is 8.62. The Bertz CT molecular complexity index is 662. The van der Waals surface area contributed by atoms with Crippen LogP contribution in [0.25, 0.3) is 0 Å². The number of rotatable bonds is 5. The van der Waals surface area contributed by atoms with Crippen molar-refractivity contribution >= 4 is 17.5 Å². The van der Waals surface area contributed by atoms with Crippen molar-refractivity contribution in [2.24, 2.45) is 0 Å². The fraction of sp³-hybridized carbons (Fsp3) is 0.526. The maximum Gasteiger partial charge on any atom is 0.251 e. The molecule has 6 heteroatoms. The molecule has 25 heavy (non-hydrogen) atoms. The molecule has 2 rings (SSSR count). The van der Waals surface area contributed by atoms with Crippen LogP contribution >= 0.6 is 0 Å². The molecule has 1 aromatic rings. The lowest BCUT2D eigenvalue weighted by atomic mass is 10.00. The minimum atomic E-state index is -0.701. The van der Waals surface area contributed by atoms with Gasteiger partial charge in [-0.1, -0.05) is 0 Å². The molecule has 1 aliphatic rings. The van der Waals surface area contributed by atoms with Crippen LogP contribution in [-0.4, -0.2) is 29.4 Å². The van der Waals surface area contributed by atoms with Gasteiger partial charge in [-0.25, -0.2) is 0 Å². The molecule has 0 unspecified atom stereocenters. The van der Waals surface area contributed by atoms with E-state index in [0.717, 1.165) is 18.5 Å². The summed E-state index contributed by atoms with van der Waals surface area (Å²) in [5.41, 5.74) is 0.329. The molecule has 0 aliphatic heterocycles. The van der Waals surface area contributed by atoms with Gasteiger partial charge in [0.05, 0.1) is 12.6 Å². The second kappa shape index (κ2) is 7.56. The number of carbonyl (C=O) groups excluding carboxylic acids is 2. The van der Waals surface area contributed by atoms with Crippen LogP contribution in [0.5, 0.6) is 0 Å². The fourth-order valence-electron chi connectivity index (χ4n) is 2.89. The molecular formula is C19H26N4O2. The summed E-state index contributed by atoms with van der Waals surface area (Å²) < 4.78 is 0. The number of nitrogens with zero attached hydrogens (tertiary/aromatic N) is 1. The largest absolute Gasteiger partial charge is 0.376 e. The van der Waals surface area contributed by atoms with Crippen LogP contribution in [0.15, 0.2) is 24.3 Å². The van der Waals surface area contributed by atoms with E-state index in [0.29, 0.717) is 18.4 Å². The lowest BCUT2D eigenvalue weighted by molar-refractivity contribution is -0.120. The van der Waals surface area contributed by atoms with Gasteiger partial charge in [0.15, 0.2) is 0 Å². The third-order valence-electron chi connectivity index (χ3n) is 4.14. The standard InChI is InChI=1S/C19H26N4O2/c1-18(2,3)23-17(25)14-6-8-15(9-7-14)21-12-16(24)22-19(13-20)10-4-5-11-19/h6-9,21H,4-5,10-12H2,1-3H3,(H,22,24)(H,23,25). The maximum atomic E-state index is 12.1. The second-order valence-electron chi connectivity index (χ2n) is 7.58. The monoisotopic (exact) mass is 342 g/mol. The van der Waals surface area contributed by atoms with Crippen molar-refractivity contribution in [3.05, 3.63) is 29.8 Å². The Kier molecular flexibility index (Phi) is 5.68. The topological polar surface area (TPSA) is 94.0 Å². The number of anilines is 1. The molecule has 134 valence electrons. The van der Waals surface area contributed by atoms with Gasteiger partial charge in [0, 0.05) is 16.8 Å². The Balaban J connectivity index is 1.86. The molecular weight excluding hydrogens is 316 g/mol. The molecule has 0 atom stereocenters. The average Bonchev–Trinajstić information content (AvgIpc) is 3.01. The Morgan fingerprint density at radius 3 is 2.28 bits per heavy atom. The molecule has 1 fully saturated rings. The molecule has 0 saturated heterocycles. The highest BCUT2D eigenvalue weighted by Gasteiger charge is 2.35. The van der Waals surface area contributed by atoms with E-state index in [4.69, 9.17) is 0 Å². The summed E-state index contributed by atoms with van der Waals surface area (Å²) in [7, 11) is 0. The zero-order valence-corrected chi connectivity index (χ0v) is 15.1. The van der Waals surface area contributed by atoms with Crippen LogP contribution in [0.1, 0.15) is 56.8 Å². The number of hydrogen-bond donors (Lipinski definition) is 3. The smallest absolute Gasteiger partial charge is 0.251 e. The summed E-state index contributed by atoms with van der Waals surface area (Å²) >= 11 is 0. The van der Waals surface area contributed by atoms with Crippen LogP contribution in [-0.2, 0) is 4.79 Å². The van der Waals surface area contributed by atoms with Crippen molar-refractivity contribution in [3.8, 4) is 6.07 Å². The van der Waals surface area contributed by atoms with Gasteiger partial charge in [0.25, 0.3) is 5.91 Å². The number of nitrogens with one attached hydrogen (secondary N) is 3. The summed E-state index contributed by atoms with van der Waals surface area (Å²) in [4.78, 5) is 24.2. The quantitative estimate of drug-likeness (QED) is 0.766. The highest BCUT2D eigenvalue weighted by molar-refractivity contribution is 5.95. The molecule has 1 aliphatic carbocycles. The minimum absolute atomic E-state index is 0.0942. The summed E-state index contributed by atoms with van der Waals surface area (Å²) in [5.74, 6) is -0.327. The average molecular weight is 342 g/mol. The lowest BCUT2D eigenvalue weighted by Crippen LogP contribution is -2.47. The summed E-state index contributed by atoms with van der Waals surface area (Å²) in [6.45, 7) is 5.88. The summed E-state index contributed by atoms with van der Waals surface area (Å²) in [6.07, 6.45) is 3.37. The van der Waals surface area contributed by atoms with Crippen LogP contribution in [0.3, 0.4) is 0 Å². The van der Waals surface area contributed by atoms with Gasteiger partial charge >= 0.3 is 0 Å². The van der Waals surface area contributed by atoms with Crippen molar-refractivity contribution in [2.75, 3.05) is 11.9 Å². The molecule has 0 heterocycles. The van der Waals surface area contributed by atoms with Crippen LogP contribution < -0.4 is 16.0 Å². The highest BCUT2D eigenvalue weighted by atomic mass is 16.2. The van der Waals surface area contributed by atoms with E-state index in [2.05, 4.69) is 22.0 Å². The Labute approximate surface area is 149 Å². The van der Waals surface area contributed by atoms with Crippen molar-refractivity contribution in [3.63, 3.8) is 0 Å². The van der Waals surface area contributed by atoms with E-state index in [1.807, 2.05) is 20.8 Å². The first kappa shape index (κ1) is 18.8. The van der Waals surface area contributed by atoms with E-state index in [1.54, 1.807) is 24.3 Å². The molecule has 0 aromatic heterocycles. The Hall–Kier alpha value is -2.55. The third kappa shape index (κ3) is 5.49. The minimum Gasteiger partial charge on any atom is -0.376 e. The second-order valence-corrected chi connectivity index (χ2v) is 7.58. The predicted molar refractivity (Wildman–Crippen MR) is 97.1 cm³/mol. The highest BCUT2D eigenvalue weighted by Crippen LogP contribution is 2.28. The number of benzene rings is 1. The normalized spacial score (nSPS) is 15.9. The zero-order valence-electron chi connectivity index (χ0n) is 15.1. The first-order chi connectivity index (χ1) is 11.7. The van der Waals surface area contributed by atoms with Gasteiger partial charge in [0.1, 0.15) is 5.54 Å². The molecule has 0 radical (unpaired) electrons. The number of carbonyl (C=O) groups is 2. The molecule has 0 bridgehead atoms. The van der Waals surface area contributed by atoms with Gasteiger partial charge in [-0.2, -0.15) is 5.26 Å². The molecule has 3 N–H and O–H groups in total. The van der Waals surface area contributed by atoms with E-state index in [1.165, 1.54) is 0 Å². The fourth-order valence-corrected chi connectivity index (χ4v) is 2.89. The van der Waals surface area contributed by atoms with Gasteiger partial charge in [-0.15, -0.1) is 0 Å². The summed E-state index contributed by atoms with van der Waals surface area (Å²) in [6, 6.07) is 9.20. The summed E-state index contributed by atoms with van der Waals surface area (Å²) in [5, 5.41) is 18.1. The number of hydrogen-bond acceptors (Lipinski definition) is 4. The zero-order chi connectivity index (χ0) is 18.5. The maximum absolute atomic E-state index is 12.1. The van der Waals surface area contributed by atoms with E-state index in [-0.39, 0.29) is 23.9 Å². The first-order valence-corrected chi connectivity index (χ1v) is 8.62. The van der Waals surface area contributed by atoms with Crippen molar-refractivity contribution < 1.29 is 9.59 Å². The van der Waals surface area contributed by atoms with Crippen molar-refractivity contribution in [1.82, 2.24) is 10.6 Å². The SMILES string of the molecule is CC(C)(C)NC(=O)c1ccc(NCC(=O)NC2(C#N)CCCC2)cc1. The Morgan fingerprint density at radius 2 is 1.76 bits per heavy atom. The van der Waals surface area contributed by atoms with E-state index in [9.17, 15) is 14.9 Å². The molecule has 1 saturated carbocycles. The van der Waals surface area contributed by atoms with Gasteiger partial charge < -0.3 is 16.0 Å². The Morgan fingerprint density at radius 1 is 1.16 bits per heavy atom. The van der Waals surface area contributed by atoms with Gasteiger partial charge in [-0.05, 0) is 70.7 Å². The van der Waals surface area contributed by atoms with Crippen molar-refractivity contribution in [1.29, 1.82) is 5.26 Å². The van der Waals surface area contributed by atoms with Gasteiger partial charge in [0.2, 0.25) is 5.91 Å². The van der Waals surface area contributed by atoms with Gasteiger partial charge in [-0.3, -0.25) is 9.59 Å². The van der Waals surface area contributed by atoms with E-state index < -0.39 is 5.54 Å².